The SMILES string of the molecule is C=CC(C)(c1ccccc1)c1ccc(C)cc1. The Morgan fingerprint density at radius 2 is 1.41 bits per heavy atom. The first kappa shape index (κ1) is 11.7. The van der Waals surface area contributed by atoms with Crippen LogP contribution in [0.3, 0.4) is 0 Å². The second kappa shape index (κ2) is 4.58. The van der Waals surface area contributed by atoms with Crippen molar-refractivity contribution in [3.8, 4) is 0 Å². The molecule has 2 aromatic carbocycles. The molecular formula is C17H18. The summed E-state index contributed by atoms with van der Waals surface area (Å²) in [6.07, 6.45) is 2.02. The van der Waals surface area contributed by atoms with Gasteiger partial charge in [-0.05, 0) is 25.0 Å². The van der Waals surface area contributed by atoms with E-state index in [1.165, 1.54) is 16.7 Å². The highest BCUT2D eigenvalue weighted by Crippen LogP contribution is 2.32. The highest BCUT2D eigenvalue weighted by molar-refractivity contribution is 5.43. The molecule has 0 aliphatic rings. The maximum atomic E-state index is 4.01. The Labute approximate surface area is 104 Å². The lowest BCUT2D eigenvalue weighted by atomic mass is 9.76. The van der Waals surface area contributed by atoms with Crippen LogP contribution < -0.4 is 0 Å². The van der Waals surface area contributed by atoms with Crippen LogP contribution in [0.25, 0.3) is 0 Å². The van der Waals surface area contributed by atoms with Crippen LogP contribution in [0.1, 0.15) is 23.6 Å². The quantitative estimate of drug-likeness (QED) is 0.671. The van der Waals surface area contributed by atoms with Crippen molar-refractivity contribution < 1.29 is 0 Å². The molecule has 1 atom stereocenters. The van der Waals surface area contributed by atoms with E-state index < -0.39 is 0 Å². The first-order valence-corrected chi connectivity index (χ1v) is 5.93. The third kappa shape index (κ3) is 2.16. The molecule has 0 heteroatoms. The Kier molecular flexibility index (Phi) is 3.14. The van der Waals surface area contributed by atoms with Crippen molar-refractivity contribution in [1.29, 1.82) is 0 Å². The number of hydrogen-bond donors (Lipinski definition) is 0. The predicted molar refractivity (Wildman–Crippen MR) is 74.3 cm³/mol. The molecule has 0 aromatic heterocycles. The fourth-order valence-corrected chi connectivity index (χ4v) is 2.09. The first-order chi connectivity index (χ1) is 8.16. The Balaban J connectivity index is 2.51. The average molecular weight is 222 g/mol. The summed E-state index contributed by atoms with van der Waals surface area (Å²) in [6.45, 7) is 8.32. The fraction of sp³-hybridized carbons (Fsp3) is 0.176. The molecular weight excluding hydrogens is 204 g/mol. The summed E-state index contributed by atoms with van der Waals surface area (Å²) in [4.78, 5) is 0. The number of rotatable bonds is 3. The molecule has 0 aliphatic carbocycles. The van der Waals surface area contributed by atoms with Gasteiger partial charge in [0.15, 0.2) is 0 Å². The van der Waals surface area contributed by atoms with E-state index in [1.807, 2.05) is 12.1 Å². The van der Waals surface area contributed by atoms with Gasteiger partial charge in [0, 0.05) is 5.41 Å². The zero-order chi connectivity index (χ0) is 12.3. The van der Waals surface area contributed by atoms with Crippen LogP contribution in [0.4, 0.5) is 0 Å². The van der Waals surface area contributed by atoms with Crippen LogP contribution in [-0.2, 0) is 5.41 Å². The van der Waals surface area contributed by atoms with Gasteiger partial charge in [0.25, 0.3) is 0 Å². The normalized spacial score (nSPS) is 14.0. The zero-order valence-electron chi connectivity index (χ0n) is 10.5. The summed E-state index contributed by atoms with van der Waals surface area (Å²) in [5.41, 5.74) is 3.73. The van der Waals surface area contributed by atoms with E-state index in [0.29, 0.717) is 0 Å². The maximum Gasteiger partial charge on any atom is 0.0351 e. The third-order valence-electron chi connectivity index (χ3n) is 3.43. The van der Waals surface area contributed by atoms with E-state index in [2.05, 4.69) is 69.0 Å². The van der Waals surface area contributed by atoms with Gasteiger partial charge in [0.05, 0.1) is 0 Å². The van der Waals surface area contributed by atoms with Gasteiger partial charge < -0.3 is 0 Å². The summed E-state index contributed by atoms with van der Waals surface area (Å²) in [7, 11) is 0. The number of aryl methyl sites for hydroxylation is 1. The van der Waals surface area contributed by atoms with Crippen LogP contribution in [0.5, 0.6) is 0 Å². The largest absolute Gasteiger partial charge is 0.102 e. The second-order valence-corrected chi connectivity index (χ2v) is 4.64. The summed E-state index contributed by atoms with van der Waals surface area (Å²) in [6, 6.07) is 19.2. The molecule has 17 heavy (non-hydrogen) atoms. The molecule has 0 nitrogen and oxygen atoms in total. The van der Waals surface area contributed by atoms with Gasteiger partial charge in [0.2, 0.25) is 0 Å². The Morgan fingerprint density at radius 3 is 1.94 bits per heavy atom. The molecule has 86 valence electrons. The highest BCUT2D eigenvalue weighted by Gasteiger charge is 2.24. The molecule has 0 bridgehead atoms. The maximum absolute atomic E-state index is 4.01. The van der Waals surface area contributed by atoms with E-state index in [0.717, 1.165) is 0 Å². The van der Waals surface area contributed by atoms with Crippen molar-refractivity contribution in [3.63, 3.8) is 0 Å². The first-order valence-electron chi connectivity index (χ1n) is 5.93. The van der Waals surface area contributed by atoms with E-state index in [-0.39, 0.29) is 5.41 Å². The van der Waals surface area contributed by atoms with Crippen molar-refractivity contribution in [2.45, 2.75) is 19.3 Å². The lowest BCUT2D eigenvalue weighted by Gasteiger charge is -2.27. The summed E-state index contributed by atoms with van der Waals surface area (Å²) < 4.78 is 0. The number of hydrogen-bond acceptors (Lipinski definition) is 0. The van der Waals surface area contributed by atoms with Gasteiger partial charge in [0.1, 0.15) is 0 Å². The number of allylic oxidation sites excluding steroid dienone is 1. The van der Waals surface area contributed by atoms with Crippen molar-refractivity contribution in [2.24, 2.45) is 0 Å². The predicted octanol–water partition coefficient (Wildman–Crippen LogP) is 4.49. The lowest BCUT2D eigenvalue weighted by molar-refractivity contribution is 0.725. The molecule has 0 heterocycles. The van der Waals surface area contributed by atoms with Crippen molar-refractivity contribution >= 4 is 0 Å². The fourth-order valence-electron chi connectivity index (χ4n) is 2.09. The smallest absolute Gasteiger partial charge is 0.0351 e. The molecule has 0 radical (unpaired) electrons. The van der Waals surface area contributed by atoms with Crippen LogP contribution in [-0.4, -0.2) is 0 Å². The standard InChI is InChI=1S/C17H18/c1-4-17(3,15-8-6-5-7-9-15)16-12-10-14(2)11-13-16/h4-13H,1H2,2-3H3. The lowest BCUT2D eigenvalue weighted by Crippen LogP contribution is -2.20. The molecule has 0 saturated carbocycles. The minimum Gasteiger partial charge on any atom is -0.102 e. The van der Waals surface area contributed by atoms with Crippen molar-refractivity contribution in [3.05, 3.63) is 83.9 Å². The molecule has 1 unspecified atom stereocenters. The number of benzene rings is 2. The minimum atomic E-state index is -0.116. The van der Waals surface area contributed by atoms with Crippen LogP contribution >= 0.6 is 0 Å². The molecule has 0 N–H and O–H groups in total. The van der Waals surface area contributed by atoms with Crippen LogP contribution in [0.15, 0.2) is 67.3 Å². The van der Waals surface area contributed by atoms with Gasteiger partial charge in [-0.3, -0.25) is 0 Å². The van der Waals surface area contributed by atoms with Crippen LogP contribution in [0, 0.1) is 6.92 Å². The van der Waals surface area contributed by atoms with Gasteiger partial charge in [-0.1, -0.05) is 66.2 Å². The monoisotopic (exact) mass is 222 g/mol. The van der Waals surface area contributed by atoms with Gasteiger partial charge in [-0.2, -0.15) is 0 Å². The topological polar surface area (TPSA) is 0 Å². The zero-order valence-corrected chi connectivity index (χ0v) is 10.5. The van der Waals surface area contributed by atoms with E-state index in [1.54, 1.807) is 0 Å². The third-order valence-corrected chi connectivity index (χ3v) is 3.43. The molecule has 0 aliphatic heterocycles. The molecule has 0 fully saturated rings. The molecule has 2 aromatic rings. The Bertz CT molecular complexity index is 493. The van der Waals surface area contributed by atoms with Crippen molar-refractivity contribution in [2.75, 3.05) is 0 Å². The Hall–Kier alpha value is -1.82. The van der Waals surface area contributed by atoms with Gasteiger partial charge in [-0.15, -0.1) is 6.58 Å². The minimum absolute atomic E-state index is 0.116. The average Bonchev–Trinajstić information content (AvgIpc) is 2.40. The summed E-state index contributed by atoms with van der Waals surface area (Å²) in [5, 5.41) is 0. The van der Waals surface area contributed by atoms with E-state index in [4.69, 9.17) is 0 Å². The highest BCUT2D eigenvalue weighted by atomic mass is 14.3. The summed E-state index contributed by atoms with van der Waals surface area (Å²) in [5.74, 6) is 0. The molecule has 0 amide bonds. The second-order valence-electron chi connectivity index (χ2n) is 4.64. The van der Waals surface area contributed by atoms with E-state index >= 15 is 0 Å². The van der Waals surface area contributed by atoms with Crippen LogP contribution in [0.2, 0.25) is 0 Å². The molecule has 0 spiro atoms. The Morgan fingerprint density at radius 1 is 0.882 bits per heavy atom. The molecule has 0 saturated heterocycles. The summed E-state index contributed by atoms with van der Waals surface area (Å²) >= 11 is 0. The van der Waals surface area contributed by atoms with Crippen molar-refractivity contribution in [1.82, 2.24) is 0 Å². The van der Waals surface area contributed by atoms with E-state index in [9.17, 15) is 0 Å². The van der Waals surface area contributed by atoms with Gasteiger partial charge >= 0.3 is 0 Å². The molecule has 2 rings (SSSR count). The van der Waals surface area contributed by atoms with Gasteiger partial charge in [-0.25, -0.2) is 0 Å².